The van der Waals surface area contributed by atoms with E-state index in [4.69, 9.17) is 11.6 Å². The van der Waals surface area contributed by atoms with Gasteiger partial charge in [-0.1, -0.05) is 23.3 Å². The average Bonchev–Trinajstić information content (AvgIpc) is 2.72. The van der Waals surface area contributed by atoms with E-state index in [9.17, 15) is 14.4 Å². The summed E-state index contributed by atoms with van der Waals surface area (Å²) in [5, 5.41) is 1.39. The number of carbonyl (C=O) groups excluding carboxylic acids is 3. The molecule has 0 spiro atoms. The van der Waals surface area contributed by atoms with Crippen molar-refractivity contribution < 1.29 is 14.4 Å². The molecule has 0 aromatic heterocycles. The van der Waals surface area contributed by atoms with Crippen molar-refractivity contribution >= 4 is 29.3 Å². The second-order valence-corrected chi connectivity index (χ2v) is 6.10. The predicted octanol–water partition coefficient (Wildman–Crippen LogP) is 2.33. The first-order chi connectivity index (χ1) is 10.5. The molecule has 1 heterocycles. The number of nitrogens with one attached hydrogen (secondary N) is 1. The summed E-state index contributed by atoms with van der Waals surface area (Å²) in [7, 11) is 0. The first-order valence-electron chi connectivity index (χ1n) is 7.07. The fraction of sp³-hybridized carbons (Fsp3) is 0.312. The molecule has 2 atom stereocenters. The summed E-state index contributed by atoms with van der Waals surface area (Å²) in [6, 6.07) is 6.25. The van der Waals surface area contributed by atoms with Gasteiger partial charge in [-0.05, 0) is 44.0 Å². The van der Waals surface area contributed by atoms with Gasteiger partial charge in [0.05, 0.1) is 11.8 Å². The number of hydrogen-bond acceptors (Lipinski definition) is 3. The molecule has 3 rings (SSSR count). The van der Waals surface area contributed by atoms with Crippen molar-refractivity contribution in [2.45, 2.75) is 19.8 Å². The number of hydrazine groups is 1. The lowest BCUT2D eigenvalue weighted by Gasteiger charge is -2.18. The van der Waals surface area contributed by atoms with Gasteiger partial charge in [0.15, 0.2) is 0 Å². The normalized spacial score (nSPS) is 24.1. The molecule has 2 aliphatic rings. The van der Waals surface area contributed by atoms with Crippen LogP contribution in [-0.4, -0.2) is 22.7 Å². The van der Waals surface area contributed by atoms with Crippen molar-refractivity contribution in [1.82, 2.24) is 10.4 Å². The van der Waals surface area contributed by atoms with Gasteiger partial charge in [-0.15, -0.1) is 0 Å². The average molecular weight is 319 g/mol. The summed E-state index contributed by atoms with van der Waals surface area (Å²) in [4.78, 5) is 36.8. The van der Waals surface area contributed by atoms with Gasteiger partial charge in [0.1, 0.15) is 0 Å². The number of halogens is 1. The van der Waals surface area contributed by atoms with Crippen LogP contribution in [0.5, 0.6) is 0 Å². The second kappa shape index (κ2) is 5.57. The molecule has 2 unspecified atom stereocenters. The molecule has 0 radical (unpaired) electrons. The molecule has 1 N–H and O–H groups in total. The number of imide groups is 1. The van der Waals surface area contributed by atoms with E-state index in [1.165, 1.54) is 0 Å². The van der Waals surface area contributed by atoms with Crippen molar-refractivity contribution in [1.29, 1.82) is 0 Å². The fourth-order valence-corrected chi connectivity index (χ4v) is 3.04. The molecule has 1 aliphatic carbocycles. The van der Waals surface area contributed by atoms with Crippen LogP contribution in [-0.2, 0) is 9.59 Å². The van der Waals surface area contributed by atoms with E-state index < -0.39 is 5.91 Å². The van der Waals surface area contributed by atoms with Gasteiger partial charge in [-0.3, -0.25) is 19.8 Å². The highest BCUT2D eigenvalue weighted by Gasteiger charge is 2.48. The maximum absolute atomic E-state index is 12.4. The maximum atomic E-state index is 12.4. The smallest absolute Gasteiger partial charge is 0.270 e. The summed E-state index contributed by atoms with van der Waals surface area (Å²) in [5.41, 5.74) is 3.86. The van der Waals surface area contributed by atoms with E-state index in [1.807, 2.05) is 13.0 Å². The van der Waals surface area contributed by atoms with Gasteiger partial charge in [0, 0.05) is 10.6 Å². The second-order valence-electron chi connectivity index (χ2n) is 5.66. The van der Waals surface area contributed by atoms with Crippen molar-refractivity contribution in [3.63, 3.8) is 0 Å². The highest BCUT2D eigenvalue weighted by molar-refractivity contribution is 6.30. The molecule has 0 bridgehead atoms. The number of amides is 3. The van der Waals surface area contributed by atoms with E-state index in [1.54, 1.807) is 24.3 Å². The summed E-state index contributed by atoms with van der Waals surface area (Å²) < 4.78 is 0. The van der Waals surface area contributed by atoms with E-state index in [-0.39, 0.29) is 23.7 Å². The zero-order valence-electron chi connectivity index (χ0n) is 12.0. The topological polar surface area (TPSA) is 66.5 Å². The first kappa shape index (κ1) is 14.8. The quantitative estimate of drug-likeness (QED) is 0.672. The summed E-state index contributed by atoms with van der Waals surface area (Å²) >= 11 is 5.77. The third-order valence-electron chi connectivity index (χ3n) is 4.14. The summed E-state index contributed by atoms with van der Waals surface area (Å²) in [5.74, 6) is -1.88. The fourth-order valence-electron chi connectivity index (χ4n) is 2.92. The number of allylic oxidation sites excluding steroid dienone is 2. The predicted molar refractivity (Wildman–Crippen MR) is 80.7 cm³/mol. The van der Waals surface area contributed by atoms with Crippen LogP contribution in [0.4, 0.5) is 0 Å². The molecule has 114 valence electrons. The van der Waals surface area contributed by atoms with Gasteiger partial charge >= 0.3 is 0 Å². The molecule has 1 aromatic carbocycles. The third kappa shape index (κ3) is 2.52. The van der Waals surface area contributed by atoms with Crippen LogP contribution in [0.15, 0.2) is 35.9 Å². The Morgan fingerprint density at radius 1 is 1.18 bits per heavy atom. The van der Waals surface area contributed by atoms with Crippen molar-refractivity contribution in [3.05, 3.63) is 46.5 Å². The zero-order chi connectivity index (χ0) is 15.9. The lowest BCUT2D eigenvalue weighted by molar-refractivity contribution is -0.142. The van der Waals surface area contributed by atoms with E-state index in [0.717, 1.165) is 10.6 Å². The van der Waals surface area contributed by atoms with Gasteiger partial charge in [-0.2, -0.15) is 5.01 Å². The van der Waals surface area contributed by atoms with E-state index >= 15 is 0 Å². The Bertz CT molecular complexity index is 681. The largest absolute Gasteiger partial charge is 0.272 e. The first-order valence-corrected chi connectivity index (χ1v) is 7.45. The summed E-state index contributed by atoms with van der Waals surface area (Å²) in [6.45, 7) is 1.95. The summed E-state index contributed by atoms with van der Waals surface area (Å²) in [6.07, 6.45) is 3.10. The number of hydrogen-bond donors (Lipinski definition) is 1. The Hall–Kier alpha value is -2.14. The maximum Gasteiger partial charge on any atom is 0.270 e. The third-order valence-corrected chi connectivity index (χ3v) is 4.39. The van der Waals surface area contributed by atoms with Gasteiger partial charge < -0.3 is 0 Å². The molecule has 1 aromatic rings. The van der Waals surface area contributed by atoms with Gasteiger partial charge in [-0.25, -0.2) is 0 Å². The number of rotatable bonds is 2. The lowest BCUT2D eigenvalue weighted by atomic mass is 9.82. The molecule has 1 fully saturated rings. The van der Waals surface area contributed by atoms with Crippen LogP contribution in [0.1, 0.15) is 30.1 Å². The van der Waals surface area contributed by atoms with Crippen LogP contribution in [0.25, 0.3) is 0 Å². The molecule has 6 heteroatoms. The highest BCUT2D eigenvalue weighted by Crippen LogP contribution is 2.36. The van der Waals surface area contributed by atoms with Crippen LogP contribution in [0.3, 0.4) is 0 Å². The molecule has 5 nitrogen and oxygen atoms in total. The van der Waals surface area contributed by atoms with Crippen LogP contribution in [0.2, 0.25) is 5.02 Å². The SMILES string of the molecule is CC1=CCC2C(=O)N(NC(=O)c3ccc(Cl)cc3)C(=O)C2C1. The monoisotopic (exact) mass is 318 g/mol. The molecule has 0 saturated carbocycles. The molecule has 1 aliphatic heterocycles. The molecule has 22 heavy (non-hydrogen) atoms. The van der Waals surface area contributed by atoms with Crippen LogP contribution in [0, 0.1) is 11.8 Å². The molecule has 1 saturated heterocycles. The lowest BCUT2D eigenvalue weighted by Crippen LogP contribution is -2.46. The standard InChI is InChI=1S/C16H15ClN2O3/c1-9-2-7-12-13(8-9)16(22)19(15(12)21)18-14(20)10-3-5-11(17)6-4-10/h2-6,12-13H,7-8H2,1H3,(H,18,20). The van der Waals surface area contributed by atoms with Crippen molar-refractivity contribution in [3.8, 4) is 0 Å². The molecular weight excluding hydrogens is 304 g/mol. The molecular formula is C16H15ClN2O3. The minimum absolute atomic E-state index is 0.329. The Labute approximate surface area is 132 Å². The number of nitrogens with zero attached hydrogens (tertiary/aromatic N) is 1. The van der Waals surface area contributed by atoms with Crippen molar-refractivity contribution in [2.24, 2.45) is 11.8 Å². The Morgan fingerprint density at radius 2 is 1.82 bits per heavy atom. The van der Waals surface area contributed by atoms with Gasteiger partial charge in [0.2, 0.25) is 0 Å². The van der Waals surface area contributed by atoms with Crippen molar-refractivity contribution in [2.75, 3.05) is 0 Å². The Morgan fingerprint density at radius 3 is 2.50 bits per heavy atom. The minimum Gasteiger partial charge on any atom is -0.272 e. The Balaban J connectivity index is 1.76. The highest BCUT2D eigenvalue weighted by atomic mass is 35.5. The van der Waals surface area contributed by atoms with E-state index in [2.05, 4.69) is 5.43 Å². The van der Waals surface area contributed by atoms with Gasteiger partial charge in [0.25, 0.3) is 17.7 Å². The van der Waals surface area contributed by atoms with Crippen LogP contribution < -0.4 is 5.43 Å². The zero-order valence-corrected chi connectivity index (χ0v) is 12.8. The minimum atomic E-state index is -0.498. The number of fused-ring (bicyclic) bond motifs is 1. The van der Waals surface area contributed by atoms with E-state index in [0.29, 0.717) is 23.4 Å². The van der Waals surface area contributed by atoms with Crippen LogP contribution >= 0.6 is 11.6 Å². The number of carbonyl (C=O) groups is 3. The molecule has 3 amide bonds. The Kier molecular flexibility index (Phi) is 3.74. The number of benzene rings is 1.